The maximum atomic E-state index is 4.49. The molecule has 1 aliphatic rings. The molecule has 1 atom stereocenters. The lowest BCUT2D eigenvalue weighted by Crippen LogP contribution is -2.16. The lowest BCUT2D eigenvalue weighted by atomic mass is 10.2. The van der Waals surface area contributed by atoms with Gasteiger partial charge in [0.15, 0.2) is 10.8 Å². The van der Waals surface area contributed by atoms with Gasteiger partial charge in [0.2, 0.25) is 0 Å². The number of imidazole rings is 1. The molecule has 72 valence electrons. The molecule has 0 aromatic carbocycles. The smallest absolute Gasteiger partial charge is 0.170 e. The largest absolute Gasteiger partial charge is 0.303 e. The molecule has 0 N–H and O–H groups in total. The Balaban J connectivity index is 2.25. The Morgan fingerprint density at radius 2 is 2.50 bits per heavy atom. The fourth-order valence-corrected chi connectivity index (χ4v) is 2.73. The summed E-state index contributed by atoms with van der Waals surface area (Å²) in [6.07, 6.45) is 3.36. The third-order valence-electron chi connectivity index (χ3n) is 2.37. The maximum absolute atomic E-state index is 4.49. The van der Waals surface area contributed by atoms with E-state index in [0.29, 0.717) is 5.92 Å². The summed E-state index contributed by atoms with van der Waals surface area (Å²) in [5.74, 6) is 1.84. The minimum Gasteiger partial charge on any atom is -0.303 e. The van der Waals surface area contributed by atoms with E-state index in [4.69, 9.17) is 0 Å². The maximum Gasteiger partial charge on any atom is 0.170 e. The Morgan fingerprint density at radius 3 is 3.43 bits per heavy atom. The highest BCUT2D eigenvalue weighted by molar-refractivity contribution is 7.99. The highest BCUT2D eigenvalue weighted by atomic mass is 32.2. The minimum atomic E-state index is 0.694. The fourth-order valence-electron chi connectivity index (χ4n) is 1.71. The van der Waals surface area contributed by atoms with Gasteiger partial charge in [-0.1, -0.05) is 18.7 Å². The normalized spacial score (nSPS) is 21.1. The van der Waals surface area contributed by atoms with E-state index in [9.17, 15) is 0 Å². The molecule has 0 saturated carbocycles. The van der Waals surface area contributed by atoms with Gasteiger partial charge in [-0.3, -0.25) is 0 Å². The fraction of sp³-hybridized carbons (Fsp3) is 0.444. The Bertz CT molecular complexity index is 479. The van der Waals surface area contributed by atoms with Crippen molar-refractivity contribution in [3.8, 4) is 0 Å². The molecule has 14 heavy (non-hydrogen) atoms. The van der Waals surface area contributed by atoms with Crippen LogP contribution in [0, 0.1) is 5.92 Å². The van der Waals surface area contributed by atoms with Gasteiger partial charge in [0.1, 0.15) is 11.8 Å². The molecular weight excluding hydrogens is 196 g/mol. The number of hydrogen-bond donors (Lipinski definition) is 0. The molecule has 2 aromatic rings. The number of rotatable bonds is 0. The Morgan fingerprint density at radius 1 is 1.57 bits per heavy atom. The van der Waals surface area contributed by atoms with Crippen molar-refractivity contribution in [2.75, 3.05) is 5.75 Å². The molecular formula is C9H10N4S. The van der Waals surface area contributed by atoms with Crippen molar-refractivity contribution in [2.24, 2.45) is 5.92 Å². The summed E-state index contributed by atoms with van der Waals surface area (Å²) in [5.41, 5.74) is 1.87. The molecule has 5 heteroatoms. The molecule has 0 amide bonds. The highest BCUT2D eigenvalue weighted by Crippen LogP contribution is 2.29. The lowest BCUT2D eigenvalue weighted by Gasteiger charge is -2.19. The van der Waals surface area contributed by atoms with Gasteiger partial charge < -0.3 is 4.57 Å². The van der Waals surface area contributed by atoms with E-state index < -0.39 is 0 Å². The van der Waals surface area contributed by atoms with Crippen LogP contribution in [0.25, 0.3) is 11.2 Å². The zero-order valence-electron chi connectivity index (χ0n) is 7.84. The second-order valence-corrected chi connectivity index (χ2v) is 4.64. The molecule has 0 fully saturated rings. The summed E-state index contributed by atoms with van der Waals surface area (Å²) in [4.78, 5) is 12.7. The molecule has 0 radical (unpaired) electrons. The van der Waals surface area contributed by atoms with Crippen molar-refractivity contribution < 1.29 is 0 Å². The van der Waals surface area contributed by atoms with Gasteiger partial charge in [-0.15, -0.1) is 0 Å². The minimum absolute atomic E-state index is 0.694. The van der Waals surface area contributed by atoms with Crippen molar-refractivity contribution in [3.63, 3.8) is 0 Å². The Labute approximate surface area is 85.8 Å². The van der Waals surface area contributed by atoms with Crippen LogP contribution in [0.4, 0.5) is 0 Å². The molecule has 3 rings (SSSR count). The number of nitrogens with zero attached hydrogens (tertiary/aromatic N) is 4. The number of thioether (sulfide) groups is 1. The average Bonchev–Trinajstić information content (AvgIpc) is 2.56. The lowest BCUT2D eigenvalue weighted by molar-refractivity contribution is 0.492. The van der Waals surface area contributed by atoms with E-state index in [0.717, 1.165) is 28.6 Å². The molecule has 1 unspecified atom stereocenters. The molecule has 0 bridgehead atoms. The highest BCUT2D eigenvalue weighted by Gasteiger charge is 2.19. The Kier molecular flexibility index (Phi) is 1.73. The first-order chi connectivity index (χ1) is 6.84. The molecule has 3 heterocycles. The third kappa shape index (κ3) is 1.12. The summed E-state index contributed by atoms with van der Waals surface area (Å²) in [6.45, 7) is 3.28. The molecule has 1 aliphatic heterocycles. The predicted molar refractivity (Wildman–Crippen MR) is 55.2 cm³/mol. The van der Waals surface area contributed by atoms with E-state index in [1.807, 2.05) is 0 Å². The van der Waals surface area contributed by atoms with Crippen LogP contribution in [0.2, 0.25) is 0 Å². The van der Waals surface area contributed by atoms with Crippen LogP contribution in [0.15, 0.2) is 17.7 Å². The van der Waals surface area contributed by atoms with Gasteiger partial charge in [0.25, 0.3) is 0 Å². The van der Waals surface area contributed by atoms with Crippen LogP contribution in [0.5, 0.6) is 0 Å². The summed E-state index contributed by atoms with van der Waals surface area (Å²) < 4.78 is 2.19. The van der Waals surface area contributed by atoms with Crippen LogP contribution in [0.1, 0.15) is 6.92 Å². The van der Waals surface area contributed by atoms with Crippen LogP contribution < -0.4 is 0 Å². The van der Waals surface area contributed by atoms with Gasteiger partial charge in [0.05, 0.1) is 6.20 Å². The van der Waals surface area contributed by atoms with Crippen molar-refractivity contribution in [1.82, 2.24) is 19.5 Å². The molecule has 2 aromatic heterocycles. The number of fused-ring (bicyclic) bond motifs is 3. The van der Waals surface area contributed by atoms with Crippen molar-refractivity contribution in [2.45, 2.75) is 18.6 Å². The second-order valence-electron chi connectivity index (χ2n) is 3.65. The van der Waals surface area contributed by atoms with Gasteiger partial charge in [0, 0.05) is 12.3 Å². The molecule has 0 saturated heterocycles. The van der Waals surface area contributed by atoms with Gasteiger partial charge in [-0.05, 0) is 5.92 Å². The Hall–Kier alpha value is -1.10. The van der Waals surface area contributed by atoms with Crippen molar-refractivity contribution in [3.05, 3.63) is 12.5 Å². The van der Waals surface area contributed by atoms with E-state index in [1.165, 1.54) is 0 Å². The molecule has 0 aliphatic carbocycles. The number of aromatic nitrogens is 4. The molecule has 0 spiro atoms. The monoisotopic (exact) mass is 206 g/mol. The summed E-state index contributed by atoms with van der Waals surface area (Å²) in [5, 5.41) is 1.08. The van der Waals surface area contributed by atoms with Crippen molar-refractivity contribution in [1.29, 1.82) is 0 Å². The standard InChI is InChI=1S/C9H10N4S/c1-6-3-13-8-7(2-10-5-11-8)12-9(13)14-4-6/h2,5-6H,3-4H2,1H3. The van der Waals surface area contributed by atoms with E-state index in [1.54, 1.807) is 24.3 Å². The van der Waals surface area contributed by atoms with Gasteiger partial charge in [-0.2, -0.15) is 0 Å². The van der Waals surface area contributed by atoms with E-state index in [-0.39, 0.29) is 0 Å². The van der Waals surface area contributed by atoms with Crippen LogP contribution >= 0.6 is 11.8 Å². The summed E-state index contributed by atoms with van der Waals surface area (Å²) in [6, 6.07) is 0. The number of hydrogen-bond acceptors (Lipinski definition) is 4. The first kappa shape index (κ1) is 8.23. The van der Waals surface area contributed by atoms with Crippen molar-refractivity contribution >= 4 is 22.9 Å². The molecule has 4 nitrogen and oxygen atoms in total. The second kappa shape index (κ2) is 2.95. The van der Waals surface area contributed by atoms with Crippen LogP contribution in [0.3, 0.4) is 0 Å². The first-order valence-corrected chi connectivity index (χ1v) is 5.62. The summed E-state index contributed by atoms with van der Waals surface area (Å²) >= 11 is 1.81. The van der Waals surface area contributed by atoms with Gasteiger partial charge >= 0.3 is 0 Å². The average molecular weight is 206 g/mol. The van der Waals surface area contributed by atoms with Crippen LogP contribution in [-0.2, 0) is 6.54 Å². The van der Waals surface area contributed by atoms with Gasteiger partial charge in [-0.25, -0.2) is 15.0 Å². The quantitative estimate of drug-likeness (QED) is 0.656. The van der Waals surface area contributed by atoms with Crippen LogP contribution in [-0.4, -0.2) is 25.3 Å². The first-order valence-electron chi connectivity index (χ1n) is 4.63. The SMILES string of the molecule is CC1CSc2nc3cncnc3n2C1. The van der Waals surface area contributed by atoms with E-state index in [2.05, 4.69) is 26.4 Å². The zero-order valence-corrected chi connectivity index (χ0v) is 8.66. The third-order valence-corrected chi connectivity index (χ3v) is 3.67. The zero-order chi connectivity index (χ0) is 9.54. The predicted octanol–water partition coefficient (Wildman–Crippen LogP) is 1.57. The van der Waals surface area contributed by atoms with E-state index >= 15 is 0 Å². The topological polar surface area (TPSA) is 43.6 Å². The summed E-state index contributed by atoms with van der Waals surface area (Å²) in [7, 11) is 0.